The summed E-state index contributed by atoms with van der Waals surface area (Å²) < 4.78 is 28.3. The Bertz CT molecular complexity index is 969. The van der Waals surface area contributed by atoms with Crippen LogP contribution in [-0.2, 0) is 6.54 Å². The number of aromatic nitrogens is 3. The Morgan fingerprint density at radius 2 is 1.93 bits per heavy atom. The van der Waals surface area contributed by atoms with Gasteiger partial charge in [0.15, 0.2) is 0 Å². The second-order valence-electron chi connectivity index (χ2n) is 7.86. The third kappa shape index (κ3) is 3.40. The minimum atomic E-state index is -2.48. The molecule has 0 radical (unpaired) electrons. The van der Waals surface area contributed by atoms with Crippen molar-refractivity contribution in [2.45, 2.75) is 52.0 Å². The molecule has 0 atom stereocenters. The summed E-state index contributed by atoms with van der Waals surface area (Å²) in [5.41, 5.74) is 4.11. The molecule has 4 nitrogen and oxygen atoms in total. The van der Waals surface area contributed by atoms with Gasteiger partial charge in [0.25, 0.3) is 0 Å². The molecule has 4 rings (SSSR count). The minimum Gasteiger partial charge on any atom is -0.347 e. The number of rotatable bonds is 5. The van der Waals surface area contributed by atoms with E-state index in [4.69, 9.17) is 0 Å². The Labute approximate surface area is 157 Å². The molecule has 27 heavy (non-hydrogen) atoms. The summed E-state index contributed by atoms with van der Waals surface area (Å²) >= 11 is 0. The Kier molecular flexibility index (Phi) is 4.36. The number of fused-ring (bicyclic) bond motifs is 1. The molecule has 0 unspecified atom stereocenters. The Morgan fingerprint density at radius 3 is 2.63 bits per heavy atom. The van der Waals surface area contributed by atoms with E-state index in [1.807, 2.05) is 30.6 Å². The maximum absolute atomic E-state index is 13.1. The fourth-order valence-electron chi connectivity index (χ4n) is 3.87. The van der Waals surface area contributed by atoms with E-state index in [0.717, 1.165) is 33.7 Å². The Hall–Kier alpha value is -2.50. The smallest absolute Gasteiger partial charge is 0.248 e. The average molecular weight is 370 g/mol. The monoisotopic (exact) mass is 370 g/mol. The lowest BCUT2D eigenvalue weighted by Crippen LogP contribution is -2.37. The van der Waals surface area contributed by atoms with Crippen LogP contribution in [0.5, 0.6) is 0 Å². The quantitative estimate of drug-likeness (QED) is 0.631. The van der Waals surface area contributed by atoms with Crippen LogP contribution in [0.25, 0.3) is 10.9 Å². The maximum Gasteiger partial charge on any atom is 0.248 e. The number of pyridine rings is 2. The largest absolute Gasteiger partial charge is 0.347 e. The highest BCUT2D eigenvalue weighted by Crippen LogP contribution is 2.43. The molecular weight excluding hydrogens is 346 g/mol. The SMILES string of the molecule is Cc1ccnc(C(C)C)c1Nc1nccc2c1ccn2CC1CC(F)(F)C1. The Morgan fingerprint density at radius 1 is 1.19 bits per heavy atom. The first-order valence-electron chi connectivity index (χ1n) is 9.38. The molecule has 3 aromatic rings. The van der Waals surface area contributed by atoms with Crippen LogP contribution in [0.1, 0.15) is 43.9 Å². The maximum atomic E-state index is 13.1. The van der Waals surface area contributed by atoms with Gasteiger partial charge in [-0.05, 0) is 42.5 Å². The van der Waals surface area contributed by atoms with Crippen molar-refractivity contribution in [3.05, 3.63) is 48.0 Å². The van der Waals surface area contributed by atoms with Crippen molar-refractivity contribution in [3.8, 4) is 0 Å². The van der Waals surface area contributed by atoms with E-state index in [1.165, 1.54) is 0 Å². The molecule has 1 fully saturated rings. The van der Waals surface area contributed by atoms with Crippen LogP contribution >= 0.6 is 0 Å². The van der Waals surface area contributed by atoms with Gasteiger partial charge in [-0.3, -0.25) is 4.98 Å². The van der Waals surface area contributed by atoms with E-state index < -0.39 is 5.92 Å². The molecule has 1 aliphatic carbocycles. The van der Waals surface area contributed by atoms with Gasteiger partial charge in [0.05, 0.1) is 16.9 Å². The molecule has 1 N–H and O–H groups in total. The highest BCUT2D eigenvalue weighted by molar-refractivity contribution is 5.92. The number of hydrogen-bond donors (Lipinski definition) is 1. The van der Waals surface area contributed by atoms with Crippen LogP contribution in [0.15, 0.2) is 36.8 Å². The normalized spacial score (nSPS) is 16.7. The second-order valence-corrected chi connectivity index (χ2v) is 7.86. The van der Waals surface area contributed by atoms with Crippen molar-refractivity contribution in [1.29, 1.82) is 0 Å². The van der Waals surface area contributed by atoms with Crippen molar-refractivity contribution < 1.29 is 8.78 Å². The number of alkyl halides is 2. The number of halogens is 2. The van der Waals surface area contributed by atoms with Crippen molar-refractivity contribution in [1.82, 2.24) is 14.5 Å². The number of anilines is 2. The summed E-state index contributed by atoms with van der Waals surface area (Å²) in [6.45, 7) is 6.90. The summed E-state index contributed by atoms with van der Waals surface area (Å²) in [4.78, 5) is 9.05. The first-order chi connectivity index (χ1) is 12.8. The van der Waals surface area contributed by atoms with Gasteiger partial charge in [-0.1, -0.05) is 13.8 Å². The summed E-state index contributed by atoms with van der Waals surface area (Å²) in [5.74, 6) is -1.39. The zero-order valence-corrected chi connectivity index (χ0v) is 15.8. The first kappa shape index (κ1) is 17.9. The van der Waals surface area contributed by atoms with E-state index in [1.54, 1.807) is 6.20 Å². The molecule has 3 heterocycles. The highest BCUT2D eigenvalue weighted by atomic mass is 19.3. The molecule has 0 bridgehead atoms. The zero-order chi connectivity index (χ0) is 19.2. The molecule has 0 spiro atoms. The van der Waals surface area contributed by atoms with Gasteiger partial charge < -0.3 is 9.88 Å². The van der Waals surface area contributed by atoms with Crippen molar-refractivity contribution >= 4 is 22.4 Å². The van der Waals surface area contributed by atoms with Crippen LogP contribution in [-0.4, -0.2) is 20.5 Å². The number of nitrogens with zero attached hydrogens (tertiary/aromatic N) is 3. The molecule has 6 heteroatoms. The topological polar surface area (TPSA) is 42.7 Å². The lowest BCUT2D eigenvalue weighted by Gasteiger charge is -2.35. The van der Waals surface area contributed by atoms with Crippen LogP contribution in [0.3, 0.4) is 0 Å². The van der Waals surface area contributed by atoms with Crippen LogP contribution in [0, 0.1) is 12.8 Å². The van der Waals surface area contributed by atoms with Gasteiger partial charge >= 0.3 is 0 Å². The molecule has 0 amide bonds. The van der Waals surface area contributed by atoms with E-state index in [-0.39, 0.29) is 24.7 Å². The first-order valence-corrected chi connectivity index (χ1v) is 9.38. The fraction of sp³-hybridized carbons (Fsp3) is 0.429. The third-order valence-electron chi connectivity index (χ3n) is 5.31. The third-order valence-corrected chi connectivity index (χ3v) is 5.31. The summed E-state index contributed by atoms with van der Waals surface area (Å²) in [6, 6.07) is 5.93. The van der Waals surface area contributed by atoms with Crippen molar-refractivity contribution in [2.24, 2.45) is 5.92 Å². The van der Waals surface area contributed by atoms with Crippen LogP contribution in [0.2, 0.25) is 0 Å². The summed E-state index contributed by atoms with van der Waals surface area (Å²) in [5, 5.41) is 4.45. The van der Waals surface area contributed by atoms with E-state index in [0.29, 0.717) is 6.54 Å². The van der Waals surface area contributed by atoms with Gasteiger partial charge in [0, 0.05) is 43.4 Å². The van der Waals surface area contributed by atoms with Gasteiger partial charge in [0.1, 0.15) is 5.82 Å². The molecule has 3 aromatic heterocycles. The van der Waals surface area contributed by atoms with E-state index in [9.17, 15) is 8.78 Å². The van der Waals surface area contributed by atoms with Crippen molar-refractivity contribution in [2.75, 3.05) is 5.32 Å². The van der Waals surface area contributed by atoms with Gasteiger partial charge in [-0.2, -0.15) is 0 Å². The molecular formula is C21H24F2N4. The Balaban J connectivity index is 1.65. The standard InChI is InChI=1S/C21H24F2N4/c1-13(2)18-19(14(3)4-7-24-18)26-20-16-6-9-27(17(16)5-8-25-20)12-15-10-21(22,23)11-15/h4-9,13,15H,10-12H2,1-3H3,(H,25,26). The minimum absolute atomic E-state index is 0.0184. The van der Waals surface area contributed by atoms with E-state index in [2.05, 4.69) is 40.6 Å². The van der Waals surface area contributed by atoms with Gasteiger partial charge in [-0.15, -0.1) is 0 Å². The summed E-state index contributed by atoms with van der Waals surface area (Å²) in [7, 11) is 0. The number of hydrogen-bond acceptors (Lipinski definition) is 3. The van der Waals surface area contributed by atoms with Crippen LogP contribution < -0.4 is 5.32 Å². The highest BCUT2D eigenvalue weighted by Gasteiger charge is 2.45. The predicted molar refractivity (Wildman–Crippen MR) is 104 cm³/mol. The number of nitrogens with one attached hydrogen (secondary N) is 1. The van der Waals surface area contributed by atoms with Gasteiger partial charge in [0.2, 0.25) is 5.92 Å². The lowest BCUT2D eigenvalue weighted by atomic mass is 9.81. The van der Waals surface area contributed by atoms with Crippen LogP contribution in [0.4, 0.5) is 20.3 Å². The van der Waals surface area contributed by atoms with Gasteiger partial charge in [-0.25, -0.2) is 13.8 Å². The molecule has 0 aromatic carbocycles. The second kappa shape index (κ2) is 6.59. The molecule has 1 saturated carbocycles. The average Bonchev–Trinajstić information content (AvgIpc) is 2.99. The lowest BCUT2D eigenvalue weighted by molar-refractivity contribution is -0.113. The summed E-state index contributed by atoms with van der Waals surface area (Å²) in [6.07, 6.45) is 5.52. The van der Waals surface area contributed by atoms with Crippen molar-refractivity contribution in [3.63, 3.8) is 0 Å². The molecule has 142 valence electrons. The van der Waals surface area contributed by atoms with E-state index >= 15 is 0 Å². The number of aryl methyl sites for hydroxylation is 1. The molecule has 0 aliphatic heterocycles. The predicted octanol–water partition coefficient (Wildman–Crippen LogP) is 5.65. The zero-order valence-electron chi connectivity index (χ0n) is 15.8. The molecule has 0 saturated heterocycles. The fourth-order valence-corrected chi connectivity index (χ4v) is 3.87. The molecule has 1 aliphatic rings.